The van der Waals surface area contributed by atoms with Crippen molar-refractivity contribution in [3.8, 4) is 0 Å². The summed E-state index contributed by atoms with van der Waals surface area (Å²) in [6, 6.07) is 8.23. The van der Waals surface area contributed by atoms with Crippen molar-refractivity contribution in [1.29, 1.82) is 0 Å². The molecule has 23 heavy (non-hydrogen) atoms. The van der Waals surface area contributed by atoms with Crippen LogP contribution in [0.25, 0.3) is 0 Å². The van der Waals surface area contributed by atoms with Gasteiger partial charge in [0.1, 0.15) is 0 Å². The Morgan fingerprint density at radius 3 is 2.35 bits per heavy atom. The Bertz CT molecular complexity index is 513. The van der Waals surface area contributed by atoms with E-state index in [2.05, 4.69) is 29.3 Å². The van der Waals surface area contributed by atoms with Crippen molar-refractivity contribution in [2.75, 3.05) is 19.6 Å². The third-order valence-corrected chi connectivity index (χ3v) is 4.90. The molecule has 4 heteroatoms. The van der Waals surface area contributed by atoms with Gasteiger partial charge in [0.25, 0.3) is 0 Å². The summed E-state index contributed by atoms with van der Waals surface area (Å²) in [5, 5.41) is 3.88. The van der Waals surface area contributed by atoms with Crippen LogP contribution in [0.2, 0.25) is 5.02 Å². The average Bonchev–Trinajstić information content (AvgIpc) is 2.49. The normalized spacial score (nSPS) is 18.7. The van der Waals surface area contributed by atoms with Crippen molar-refractivity contribution in [2.24, 2.45) is 11.3 Å². The summed E-state index contributed by atoms with van der Waals surface area (Å²) in [6.45, 7) is 11.0. The summed E-state index contributed by atoms with van der Waals surface area (Å²) in [7, 11) is 0. The van der Waals surface area contributed by atoms with Gasteiger partial charge in [0.05, 0.1) is 6.04 Å². The van der Waals surface area contributed by atoms with Crippen LogP contribution < -0.4 is 5.32 Å². The lowest BCUT2D eigenvalue weighted by molar-refractivity contribution is -0.128. The molecule has 1 amide bonds. The van der Waals surface area contributed by atoms with Crippen molar-refractivity contribution in [3.63, 3.8) is 0 Å². The number of rotatable bonds is 4. The highest BCUT2D eigenvalue weighted by Crippen LogP contribution is 2.27. The minimum Gasteiger partial charge on any atom is -0.354 e. The fraction of sp³-hybridized carbons (Fsp3) is 0.632. The minimum atomic E-state index is -0.360. The summed E-state index contributed by atoms with van der Waals surface area (Å²) in [4.78, 5) is 14.7. The van der Waals surface area contributed by atoms with Crippen LogP contribution in [0.1, 0.15) is 52.1 Å². The molecular formula is C19H29ClN2O. The van der Waals surface area contributed by atoms with E-state index in [1.165, 1.54) is 18.4 Å². The van der Waals surface area contributed by atoms with Gasteiger partial charge >= 0.3 is 0 Å². The second-order valence-electron chi connectivity index (χ2n) is 7.75. The molecule has 1 saturated heterocycles. The van der Waals surface area contributed by atoms with Gasteiger partial charge in [0.2, 0.25) is 5.91 Å². The van der Waals surface area contributed by atoms with Gasteiger partial charge in [-0.2, -0.15) is 0 Å². The molecule has 2 rings (SSSR count). The summed E-state index contributed by atoms with van der Waals surface area (Å²) in [6.07, 6.45) is 2.44. The standard InChI is InChI=1S/C19H29ClN2O/c1-14-9-11-22(12-10-14)17(13-21-18(23)19(2,3)4)15-5-7-16(20)8-6-15/h5-8,14,17H,9-13H2,1-4H3,(H,21,23). The Morgan fingerprint density at radius 1 is 1.26 bits per heavy atom. The first-order chi connectivity index (χ1) is 10.8. The zero-order valence-corrected chi connectivity index (χ0v) is 15.5. The van der Waals surface area contributed by atoms with E-state index in [1.54, 1.807) is 0 Å². The molecule has 1 atom stereocenters. The van der Waals surface area contributed by atoms with E-state index < -0.39 is 0 Å². The van der Waals surface area contributed by atoms with E-state index in [9.17, 15) is 4.79 Å². The molecule has 0 bridgehead atoms. The van der Waals surface area contributed by atoms with E-state index >= 15 is 0 Å². The Hall–Kier alpha value is -1.06. The third kappa shape index (κ3) is 5.22. The van der Waals surface area contributed by atoms with Crippen LogP contribution in [0, 0.1) is 11.3 Å². The van der Waals surface area contributed by atoms with Gasteiger partial charge in [-0.05, 0) is 49.5 Å². The second kappa shape index (κ2) is 7.67. The number of hydrogen-bond acceptors (Lipinski definition) is 2. The van der Waals surface area contributed by atoms with Crippen molar-refractivity contribution in [2.45, 2.75) is 46.6 Å². The second-order valence-corrected chi connectivity index (χ2v) is 8.18. The van der Waals surface area contributed by atoms with Crippen LogP contribution in [0.5, 0.6) is 0 Å². The van der Waals surface area contributed by atoms with Crippen molar-refractivity contribution in [1.82, 2.24) is 10.2 Å². The number of nitrogens with zero attached hydrogens (tertiary/aromatic N) is 1. The molecule has 0 saturated carbocycles. The molecule has 1 aliphatic rings. The molecule has 1 fully saturated rings. The van der Waals surface area contributed by atoms with E-state index in [4.69, 9.17) is 11.6 Å². The van der Waals surface area contributed by atoms with E-state index in [1.807, 2.05) is 32.9 Å². The van der Waals surface area contributed by atoms with Crippen molar-refractivity contribution < 1.29 is 4.79 Å². The lowest BCUT2D eigenvalue weighted by Crippen LogP contribution is -2.44. The van der Waals surface area contributed by atoms with Gasteiger partial charge in [0.15, 0.2) is 0 Å². The van der Waals surface area contributed by atoms with Crippen LogP contribution in [0.4, 0.5) is 0 Å². The average molecular weight is 337 g/mol. The van der Waals surface area contributed by atoms with E-state index in [-0.39, 0.29) is 17.4 Å². The Morgan fingerprint density at radius 2 is 1.83 bits per heavy atom. The van der Waals surface area contributed by atoms with Crippen molar-refractivity contribution >= 4 is 17.5 Å². The number of halogens is 1. The van der Waals surface area contributed by atoms with Gasteiger partial charge in [-0.15, -0.1) is 0 Å². The molecule has 3 nitrogen and oxygen atoms in total. The molecule has 0 aromatic heterocycles. The van der Waals surface area contributed by atoms with Crippen LogP contribution in [0.3, 0.4) is 0 Å². The van der Waals surface area contributed by atoms with Crippen LogP contribution in [0.15, 0.2) is 24.3 Å². The maximum Gasteiger partial charge on any atom is 0.225 e. The predicted octanol–water partition coefficient (Wildman–Crippen LogP) is 4.28. The van der Waals surface area contributed by atoms with E-state index in [0.29, 0.717) is 6.54 Å². The van der Waals surface area contributed by atoms with Gasteiger partial charge in [-0.1, -0.05) is 51.4 Å². The van der Waals surface area contributed by atoms with Crippen molar-refractivity contribution in [3.05, 3.63) is 34.9 Å². The number of piperidine rings is 1. The largest absolute Gasteiger partial charge is 0.354 e. The lowest BCUT2D eigenvalue weighted by atomic mass is 9.94. The lowest BCUT2D eigenvalue weighted by Gasteiger charge is -2.37. The summed E-state index contributed by atoms with van der Waals surface area (Å²) in [5.41, 5.74) is 0.860. The van der Waals surface area contributed by atoms with Gasteiger partial charge in [0, 0.05) is 17.0 Å². The Balaban J connectivity index is 2.11. The summed E-state index contributed by atoms with van der Waals surface area (Å²) in [5.74, 6) is 0.892. The highest BCUT2D eigenvalue weighted by molar-refractivity contribution is 6.30. The molecule has 1 aromatic rings. The maximum atomic E-state index is 12.2. The predicted molar refractivity (Wildman–Crippen MR) is 96.6 cm³/mol. The van der Waals surface area contributed by atoms with E-state index in [0.717, 1.165) is 24.0 Å². The number of nitrogens with one attached hydrogen (secondary N) is 1. The molecule has 128 valence electrons. The third-order valence-electron chi connectivity index (χ3n) is 4.65. The van der Waals surface area contributed by atoms with Crippen LogP contribution in [-0.2, 0) is 4.79 Å². The zero-order valence-electron chi connectivity index (χ0n) is 14.7. The molecule has 0 aliphatic carbocycles. The highest BCUT2D eigenvalue weighted by atomic mass is 35.5. The quantitative estimate of drug-likeness (QED) is 0.890. The van der Waals surface area contributed by atoms with Gasteiger partial charge in [-0.25, -0.2) is 0 Å². The number of carbonyl (C=O) groups excluding carboxylic acids is 1. The number of hydrogen-bond donors (Lipinski definition) is 1. The van der Waals surface area contributed by atoms with Gasteiger partial charge < -0.3 is 5.32 Å². The first-order valence-electron chi connectivity index (χ1n) is 8.55. The zero-order chi connectivity index (χ0) is 17.0. The van der Waals surface area contributed by atoms with Crippen LogP contribution >= 0.6 is 11.6 Å². The number of benzene rings is 1. The van der Waals surface area contributed by atoms with Crippen LogP contribution in [-0.4, -0.2) is 30.4 Å². The smallest absolute Gasteiger partial charge is 0.225 e. The SMILES string of the molecule is CC1CCN(C(CNC(=O)C(C)(C)C)c2ccc(Cl)cc2)CC1. The molecule has 0 radical (unpaired) electrons. The molecular weight excluding hydrogens is 308 g/mol. The molecule has 0 spiro atoms. The first-order valence-corrected chi connectivity index (χ1v) is 8.93. The van der Waals surface area contributed by atoms with Gasteiger partial charge in [-0.3, -0.25) is 9.69 Å². The highest BCUT2D eigenvalue weighted by Gasteiger charge is 2.27. The molecule has 1 aromatic carbocycles. The maximum absolute atomic E-state index is 12.2. The minimum absolute atomic E-state index is 0.0989. The summed E-state index contributed by atoms with van der Waals surface area (Å²) >= 11 is 6.03. The molecule has 1 unspecified atom stereocenters. The molecule has 1 aliphatic heterocycles. The fourth-order valence-electron chi connectivity index (χ4n) is 2.94. The number of carbonyl (C=O) groups is 1. The number of amides is 1. The Labute approximate surface area is 145 Å². The number of likely N-dealkylation sites (tertiary alicyclic amines) is 1. The summed E-state index contributed by atoms with van der Waals surface area (Å²) < 4.78 is 0. The first kappa shape index (κ1) is 18.3. The molecule has 1 N–H and O–H groups in total. The fourth-order valence-corrected chi connectivity index (χ4v) is 3.06. The monoisotopic (exact) mass is 336 g/mol. The Kier molecular flexibility index (Phi) is 6.10. The topological polar surface area (TPSA) is 32.3 Å². The molecule has 1 heterocycles.